The Kier molecular flexibility index (Phi) is 24.6. The summed E-state index contributed by atoms with van der Waals surface area (Å²) in [4.78, 5) is 0. The van der Waals surface area contributed by atoms with Crippen molar-refractivity contribution in [2.45, 2.75) is 58.0 Å². The van der Waals surface area contributed by atoms with Crippen LogP contribution in [0.2, 0.25) is 0 Å². The van der Waals surface area contributed by atoms with Gasteiger partial charge in [0.2, 0.25) is 0 Å². The normalized spacial score (nSPS) is 20.0. The Morgan fingerprint density at radius 3 is 1.13 bits per heavy atom. The van der Waals surface area contributed by atoms with Crippen LogP contribution in [-0.2, 0) is 0 Å². The summed E-state index contributed by atoms with van der Waals surface area (Å²) in [5.41, 5.74) is 0.476. The van der Waals surface area contributed by atoms with Crippen LogP contribution in [0.25, 0.3) is 5.32 Å². The van der Waals surface area contributed by atoms with Crippen LogP contribution in [0.15, 0.2) is 0 Å². The van der Waals surface area contributed by atoms with E-state index in [2.05, 4.69) is 27.7 Å². The SMILES string of the molecule is CC1(C)CCCC(C)(C)[N-]1.[Br-].[Br-].[Br-].[Mg+2].[Mg+2]. The standard InChI is InChI=1S/C9H18N.3BrH.2Mg/c1-8(2)6-5-7-9(3,4)10-8;;;;;/h5-7H2,1-4H3;3*1H;;/q-1;;;;2*+2/p-3. The number of hydrogen-bond donors (Lipinski definition) is 0. The number of rotatable bonds is 0. The van der Waals surface area contributed by atoms with Gasteiger partial charge in [0.05, 0.1) is 0 Å². The molecule has 1 aliphatic heterocycles. The molecule has 0 bridgehead atoms. The largest absolute Gasteiger partial charge is 2.00 e. The second kappa shape index (κ2) is 12.0. The molecule has 0 atom stereocenters. The summed E-state index contributed by atoms with van der Waals surface area (Å²) in [7, 11) is 0. The smallest absolute Gasteiger partial charge is 1.00 e. The molecule has 0 aromatic rings. The molecule has 0 spiro atoms. The Balaban J connectivity index is -0.0000000667. The summed E-state index contributed by atoms with van der Waals surface area (Å²) in [6.07, 6.45) is 3.86. The zero-order valence-electron chi connectivity index (χ0n) is 10.1. The molecule has 15 heavy (non-hydrogen) atoms. The van der Waals surface area contributed by atoms with Gasteiger partial charge >= 0.3 is 46.1 Å². The van der Waals surface area contributed by atoms with Crippen LogP contribution in [0.3, 0.4) is 0 Å². The van der Waals surface area contributed by atoms with E-state index in [-0.39, 0.29) is 108 Å². The summed E-state index contributed by atoms with van der Waals surface area (Å²) >= 11 is 0. The molecule has 1 nitrogen and oxygen atoms in total. The molecule has 0 aliphatic carbocycles. The second-order valence-corrected chi connectivity index (χ2v) is 4.59. The van der Waals surface area contributed by atoms with Crippen molar-refractivity contribution in [1.82, 2.24) is 0 Å². The molecule has 1 fully saturated rings. The third kappa shape index (κ3) is 13.2. The first-order valence-corrected chi connectivity index (χ1v) is 4.15. The number of hydrogen-bond acceptors (Lipinski definition) is 0. The van der Waals surface area contributed by atoms with Crippen LogP contribution in [-0.4, -0.2) is 57.2 Å². The van der Waals surface area contributed by atoms with E-state index in [1.807, 2.05) is 0 Å². The van der Waals surface area contributed by atoms with Gasteiger partial charge in [0.25, 0.3) is 0 Å². The molecular formula is C9H18Br3Mg2N. The van der Waals surface area contributed by atoms with E-state index in [0.29, 0.717) is 0 Å². The van der Waals surface area contributed by atoms with Gasteiger partial charge in [-0.2, -0.15) is 0 Å². The third-order valence-electron chi connectivity index (χ3n) is 2.18. The first-order valence-electron chi connectivity index (χ1n) is 4.15. The molecule has 1 heterocycles. The Morgan fingerprint density at radius 2 is 1.00 bits per heavy atom. The summed E-state index contributed by atoms with van der Waals surface area (Å²) in [6, 6.07) is 0. The number of halogens is 3. The predicted octanol–water partition coefficient (Wildman–Crippen LogP) is -6.65. The fourth-order valence-electron chi connectivity index (χ4n) is 1.88. The molecule has 0 saturated carbocycles. The summed E-state index contributed by atoms with van der Waals surface area (Å²) in [6.45, 7) is 8.92. The van der Waals surface area contributed by atoms with Crippen LogP contribution >= 0.6 is 0 Å². The maximum absolute atomic E-state index is 4.75. The van der Waals surface area contributed by atoms with Crippen molar-refractivity contribution < 1.29 is 50.9 Å². The van der Waals surface area contributed by atoms with Crippen LogP contribution in [0, 0.1) is 0 Å². The minimum atomic E-state index is 0. The summed E-state index contributed by atoms with van der Waals surface area (Å²) in [5.74, 6) is 0. The van der Waals surface area contributed by atoms with Crippen LogP contribution < -0.4 is 50.9 Å². The van der Waals surface area contributed by atoms with Crippen molar-refractivity contribution in [3.63, 3.8) is 0 Å². The van der Waals surface area contributed by atoms with E-state index < -0.39 is 0 Å². The van der Waals surface area contributed by atoms with Crippen molar-refractivity contribution in [1.29, 1.82) is 0 Å². The molecule has 0 N–H and O–H groups in total. The van der Waals surface area contributed by atoms with Gasteiger partial charge < -0.3 is 56.3 Å². The van der Waals surface area contributed by atoms with Gasteiger partial charge in [-0.1, -0.05) is 47.0 Å². The fraction of sp³-hybridized carbons (Fsp3) is 1.00. The van der Waals surface area contributed by atoms with Gasteiger partial charge in [-0.25, -0.2) is 0 Å². The molecule has 1 rings (SSSR count). The van der Waals surface area contributed by atoms with Gasteiger partial charge in [-0.3, -0.25) is 0 Å². The minimum absolute atomic E-state index is 0. The Morgan fingerprint density at radius 1 is 0.733 bits per heavy atom. The number of nitrogens with zero attached hydrogens (tertiary/aromatic N) is 1. The van der Waals surface area contributed by atoms with Crippen molar-refractivity contribution in [2.24, 2.45) is 0 Å². The summed E-state index contributed by atoms with van der Waals surface area (Å²) in [5, 5.41) is 4.75. The quantitative estimate of drug-likeness (QED) is 0.341. The molecule has 0 aromatic heterocycles. The minimum Gasteiger partial charge on any atom is -1.00 e. The zero-order valence-corrected chi connectivity index (χ0v) is 17.7. The monoisotopic (exact) mass is 425 g/mol. The van der Waals surface area contributed by atoms with Crippen molar-refractivity contribution in [3.8, 4) is 0 Å². The van der Waals surface area contributed by atoms with Gasteiger partial charge in [0.15, 0.2) is 0 Å². The molecule has 1 aliphatic rings. The molecular weight excluding hydrogens is 410 g/mol. The molecule has 84 valence electrons. The van der Waals surface area contributed by atoms with E-state index in [9.17, 15) is 0 Å². The van der Waals surface area contributed by atoms with E-state index >= 15 is 0 Å². The molecule has 0 radical (unpaired) electrons. The van der Waals surface area contributed by atoms with E-state index in [1.54, 1.807) is 0 Å². The molecule has 1 saturated heterocycles. The van der Waals surface area contributed by atoms with Gasteiger partial charge in [-0.05, 0) is 0 Å². The molecule has 0 unspecified atom stereocenters. The van der Waals surface area contributed by atoms with E-state index in [0.717, 1.165) is 0 Å². The summed E-state index contributed by atoms with van der Waals surface area (Å²) < 4.78 is 0. The van der Waals surface area contributed by atoms with Gasteiger partial charge in [0.1, 0.15) is 0 Å². The maximum atomic E-state index is 4.75. The number of piperidine rings is 1. The topological polar surface area (TPSA) is 14.1 Å². The Labute approximate surface area is 158 Å². The van der Waals surface area contributed by atoms with E-state index in [4.69, 9.17) is 5.32 Å². The molecule has 0 aromatic carbocycles. The van der Waals surface area contributed by atoms with Crippen molar-refractivity contribution in [2.75, 3.05) is 0 Å². The Bertz CT molecular complexity index is 129. The van der Waals surface area contributed by atoms with Gasteiger partial charge in [0, 0.05) is 0 Å². The van der Waals surface area contributed by atoms with Crippen LogP contribution in [0.1, 0.15) is 47.0 Å². The Hall–Kier alpha value is 2.93. The van der Waals surface area contributed by atoms with Gasteiger partial charge in [-0.15, -0.1) is 11.1 Å². The third-order valence-corrected chi connectivity index (χ3v) is 2.18. The zero-order chi connectivity index (χ0) is 7.83. The first kappa shape index (κ1) is 30.7. The van der Waals surface area contributed by atoms with Crippen molar-refractivity contribution >= 4 is 46.1 Å². The van der Waals surface area contributed by atoms with Crippen LogP contribution in [0.4, 0.5) is 0 Å². The average Bonchev–Trinajstić information content (AvgIpc) is 1.56. The van der Waals surface area contributed by atoms with Crippen LogP contribution in [0.5, 0.6) is 0 Å². The van der Waals surface area contributed by atoms with E-state index in [1.165, 1.54) is 19.3 Å². The fourth-order valence-corrected chi connectivity index (χ4v) is 1.88. The molecule has 0 amide bonds. The maximum Gasteiger partial charge on any atom is 2.00 e. The molecule has 6 heteroatoms. The predicted molar refractivity (Wildman–Crippen MR) is 56.9 cm³/mol. The second-order valence-electron chi connectivity index (χ2n) is 4.59. The average molecular weight is 429 g/mol. The van der Waals surface area contributed by atoms with Crippen molar-refractivity contribution in [3.05, 3.63) is 5.32 Å². The first-order chi connectivity index (χ1) is 4.41.